The van der Waals surface area contributed by atoms with Gasteiger partial charge in [-0.05, 0) is 24.3 Å². The minimum absolute atomic E-state index is 0.396. The number of hydrogen-bond donors (Lipinski definition) is 0. The lowest BCUT2D eigenvalue weighted by Gasteiger charge is -2.01. The molecule has 100 valence electrons. The Balaban J connectivity index is 2.18. The van der Waals surface area contributed by atoms with Crippen LogP contribution in [0.15, 0.2) is 48.7 Å². The van der Waals surface area contributed by atoms with Crippen molar-refractivity contribution in [3.63, 3.8) is 0 Å². The summed E-state index contributed by atoms with van der Waals surface area (Å²) in [6.07, 6.45) is 1.85. The van der Waals surface area contributed by atoms with Crippen LogP contribution in [0.3, 0.4) is 0 Å². The third-order valence-corrected chi connectivity index (χ3v) is 3.25. The van der Waals surface area contributed by atoms with E-state index in [2.05, 4.69) is 5.10 Å². The lowest BCUT2D eigenvalue weighted by atomic mass is 10.1. The maximum atomic E-state index is 11.7. The zero-order valence-electron chi connectivity index (χ0n) is 10.7. The zero-order chi connectivity index (χ0) is 14.1. The molecule has 0 aliphatic rings. The monoisotopic (exact) mass is 286 g/mol. The molecule has 1 aromatic heterocycles. The zero-order valence-corrected chi connectivity index (χ0v) is 11.5. The predicted molar refractivity (Wildman–Crippen MR) is 77.4 cm³/mol. The van der Waals surface area contributed by atoms with Gasteiger partial charge in [-0.2, -0.15) is 5.10 Å². The number of rotatable bonds is 2. The van der Waals surface area contributed by atoms with E-state index in [1.807, 2.05) is 30.5 Å². The van der Waals surface area contributed by atoms with Gasteiger partial charge in [-0.15, -0.1) is 0 Å². The molecule has 0 aliphatic carbocycles. The van der Waals surface area contributed by atoms with Crippen molar-refractivity contribution in [1.29, 1.82) is 0 Å². The quantitative estimate of drug-likeness (QED) is 0.678. The number of carbonyl (C=O) groups is 1. The fourth-order valence-corrected chi connectivity index (χ4v) is 2.26. The van der Waals surface area contributed by atoms with Crippen LogP contribution in [-0.4, -0.2) is 22.9 Å². The average molecular weight is 287 g/mol. The minimum Gasteiger partial charge on any atom is -0.465 e. The Morgan fingerprint density at radius 2 is 2.05 bits per heavy atom. The maximum absolute atomic E-state index is 11.7. The van der Waals surface area contributed by atoms with Crippen LogP contribution in [0.4, 0.5) is 0 Å². The van der Waals surface area contributed by atoms with Crippen molar-refractivity contribution in [2.45, 2.75) is 0 Å². The summed E-state index contributed by atoms with van der Waals surface area (Å²) in [6.45, 7) is 0. The largest absolute Gasteiger partial charge is 0.465 e. The van der Waals surface area contributed by atoms with Gasteiger partial charge in [0.15, 0.2) is 0 Å². The molecule has 1 heterocycles. The van der Waals surface area contributed by atoms with Gasteiger partial charge in [0.1, 0.15) is 5.52 Å². The summed E-state index contributed by atoms with van der Waals surface area (Å²) in [5.74, 6) is -0.396. The van der Waals surface area contributed by atoms with Crippen molar-refractivity contribution in [3.05, 3.63) is 59.2 Å². The molecule has 0 saturated heterocycles. The van der Waals surface area contributed by atoms with Crippen molar-refractivity contribution in [2.24, 2.45) is 0 Å². The first kappa shape index (κ1) is 12.7. The van der Waals surface area contributed by atoms with E-state index < -0.39 is 5.97 Å². The Morgan fingerprint density at radius 3 is 2.80 bits per heavy atom. The average Bonchev–Trinajstić information content (AvgIpc) is 2.90. The second-order valence-electron chi connectivity index (χ2n) is 4.29. The molecule has 3 aromatic rings. The van der Waals surface area contributed by atoms with Crippen molar-refractivity contribution in [3.8, 4) is 5.69 Å². The van der Waals surface area contributed by atoms with Crippen LogP contribution in [0.5, 0.6) is 0 Å². The second-order valence-corrected chi connectivity index (χ2v) is 4.72. The molecule has 0 N–H and O–H groups in total. The Labute approximate surface area is 120 Å². The first-order chi connectivity index (χ1) is 9.69. The summed E-state index contributed by atoms with van der Waals surface area (Å²) in [5, 5.41) is 5.95. The molecule has 2 aromatic carbocycles. The van der Waals surface area contributed by atoms with Crippen molar-refractivity contribution < 1.29 is 9.53 Å². The summed E-state index contributed by atoms with van der Waals surface area (Å²) in [6, 6.07) is 12.8. The third-order valence-electron chi connectivity index (χ3n) is 3.01. The summed E-state index contributed by atoms with van der Waals surface area (Å²) in [4.78, 5) is 11.7. The van der Waals surface area contributed by atoms with Gasteiger partial charge in [0.05, 0.1) is 18.4 Å². The molecule has 0 fully saturated rings. The molecule has 3 rings (SSSR count). The standard InChI is InChI=1S/C15H11ClN2O2/c1-20-15(19)13-7-2-4-10-9-18(17-14(10)13)12-6-3-5-11(16)8-12/h2-9H,1H3. The number of benzene rings is 2. The molecule has 5 heteroatoms. The second kappa shape index (κ2) is 4.98. The number of methoxy groups -OCH3 is 1. The van der Waals surface area contributed by atoms with Crippen LogP contribution in [0.2, 0.25) is 5.02 Å². The van der Waals surface area contributed by atoms with Crippen molar-refractivity contribution in [2.75, 3.05) is 7.11 Å². The lowest BCUT2D eigenvalue weighted by Crippen LogP contribution is -2.02. The third kappa shape index (κ3) is 2.14. The van der Waals surface area contributed by atoms with E-state index in [-0.39, 0.29) is 0 Å². The summed E-state index contributed by atoms with van der Waals surface area (Å²) in [7, 11) is 1.36. The molecular formula is C15H11ClN2O2. The Hall–Kier alpha value is -2.33. The van der Waals surface area contributed by atoms with Crippen LogP contribution < -0.4 is 0 Å². The number of hydrogen-bond acceptors (Lipinski definition) is 3. The van der Waals surface area contributed by atoms with Crippen LogP contribution in [-0.2, 0) is 4.74 Å². The Morgan fingerprint density at radius 1 is 1.25 bits per heavy atom. The van der Waals surface area contributed by atoms with Crippen LogP contribution in [0, 0.1) is 0 Å². The van der Waals surface area contributed by atoms with Crippen molar-refractivity contribution >= 4 is 28.5 Å². The van der Waals surface area contributed by atoms with E-state index >= 15 is 0 Å². The first-order valence-corrected chi connectivity index (χ1v) is 6.39. The molecule has 4 nitrogen and oxygen atoms in total. The number of carbonyl (C=O) groups excluding carboxylic acids is 1. The maximum Gasteiger partial charge on any atom is 0.340 e. The topological polar surface area (TPSA) is 44.1 Å². The number of nitrogens with zero attached hydrogens (tertiary/aromatic N) is 2. The number of fused-ring (bicyclic) bond motifs is 1. The summed E-state index contributed by atoms with van der Waals surface area (Å²) < 4.78 is 6.47. The summed E-state index contributed by atoms with van der Waals surface area (Å²) >= 11 is 5.98. The van der Waals surface area contributed by atoms with E-state index in [4.69, 9.17) is 16.3 Å². The van der Waals surface area contributed by atoms with Gasteiger partial charge in [0.25, 0.3) is 0 Å². The Kier molecular flexibility index (Phi) is 3.16. The molecular weight excluding hydrogens is 276 g/mol. The molecule has 0 bridgehead atoms. The first-order valence-electron chi connectivity index (χ1n) is 6.01. The number of aromatic nitrogens is 2. The fourth-order valence-electron chi connectivity index (χ4n) is 2.07. The highest BCUT2D eigenvalue weighted by Gasteiger charge is 2.13. The molecule has 0 unspecified atom stereocenters. The summed E-state index contributed by atoms with van der Waals surface area (Å²) in [5.41, 5.74) is 1.90. The molecule has 0 spiro atoms. The van der Waals surface area contributed by atoms with Crippen LogP contribution in [0.1, 0.15) is 10.4 Å². The van der Waals surface area contributed by atoms with Crippen LogP contribution in [0.25, 0.3) is 16.6 Å². The van der Waals surface area contributed by atoms with Gasteiger partial charge in [0.2, 0.25) is 0 Å². The van der Waals surface area contributed by atoms with Gasteiger partial charge < -0.3 is 4.74 Å². The molecule has 0 aliphatic heterocycles. The van der Waals surface area contributed by atoms with E-state index in [1.54, 1.807) is 22.9 Å². The fraction of sp³-hybridized carbons (Fsp3) is 0.0667. The highest BCUT2D eigenvalue weighted by molar-refractivity contribution is 6.30. The molecule has 20 heavy (non-hydrogen) atoms. The van der Waals surface area contributed by atoms with Gasteiger partial charge >= 0.3 is 5.97 Å². The molecule has 0 saturated carbocycles. The molecule has 0 amide bonds. The highest BCUT2D eigenvalue weighted by Crippen LogP contribution is 2.21. The minimum atomic E-state index is -0.396. The number of esters is 1. The number of ether oxygens (including phenoxy) is 1. The van der Waals surface area contributed by atoms with E-state index in [1.165, 1.54) is 7.11 Å². The SMILES string of the molecule is COC(=O)c1cccc2cn(-c3cccc(Cl)c3)nc12. The lowest BCUT2D eigenvalue weighted by molar-refractivity contribution is 0.0602. The number of halogens is 1. The predicted octanol–water partition coefficient (Wildman–Crippen LogP) is 3.47. The van der Waals surface area contributed by atoms with E-state index in [0.717, 1.165) is 11.1 Å². The van der Waals surface area contributed by atoms with Gasteiger partial charge in [0, 0.05) is 16.6 Å². The normalized spacial score (nSPS) is 10.7. The van der Waals surface area contributed by atoms with Gasteiger partial charge in [-0.1, -0.05) is 29.8 Å². The van der Waals surface area contributed by atoms with E-state index in [9.17, 15) is 4.79 Å². The Bertz CT molecular complexity index is 795. The van der Waals surface area contributed by atoms with Crippen LogP contribution >= 0.6 is 11.6 Å². The van der Waals surface area contributed by atoms with E-state index in [0.29, 0.717) is 16.1 Å². The van der Waals surface area contributed by atoms with Crippen molar-refractivity contribution in [1.82, 2.24) is 9.78 Å². The highest BCUT2D eigenvalue weighted by atomic mass is 35.5. The molecule has 0 atom stereocenters. The van der Waals surface area contributed by atoms with Gasteiger partial charge in [-0.3, -0.25) is 0 Å². The molecule has 0 radical (unpaired) electrons. The van der Waals surface area contributed by atoms with Gasteiger partial charge in [-0.25, -0.2) is 9.48 Å². The smallest absolute Gasteiger partial charge is 0.340 e.